The zero-order valence-electron chi connectivity index (χ0n) is 10.7. The largest absolute Gasteiger partial charge is 0.355 e. The van der Waals surface area contributed by atoms with Crippen molar-refractivity contribution in [3.8, 4) is 0 Å². The van der Waals surface area contributed by atoms with Gasteiger partial charge in [-0.3, -0.25) is 10.4 Å². The summed E-state index contributed by atoms with van der Waals surface area (Å²) in [5, 5.41) is 3.23. The minimum Gasteiger partial charge on any atom is -0.355 e. The Morgan fingerprint density at radius 2 is 2.12 bits per heavy atom. The minimum absolute atomic E-state index is 0.467. The summed E-state index contributed by atoms with van der Waals surface area (Å²) in [4.78, 5) is 4.55. The summed E-state index contributed by atoms with van der Waals surface area (Å²) in [5.41, 5.74) is 3.11. The van der Waals surface area contributed by atoms with E-state index >= 15 is 0 Å². The number of aliphatic imine (C=N–C) groups is 1. The molecule has 1 aliphatic carbocycles. The highest BCUT2D eigenvalue weighted by molar-refractivity contribution is 5.79. The van der Waals surface area contributed by atoms with Crippen molar-refractivity contribution in [2.75, 3.05) is 13.1 Å². The number of guanidine groups is 1. The van der Waals surface area contributed by atoms with Gasteiger partial charge in [0.2, 0.25) is 5.96 Å². The van der Waals surface area contributed by atoms with Gasteiger partial charge in [0.1, 0.15) is 0 Å². The first-order valence-electron chi connectivity index (χ1n) is 6.51. The number of nitrogens with zero attached hydrogens (tertiary/aromatic N) is 1. The van der Waals surface area contributed by atoms with Crippen molar-refractivity contribution in [2.24, 2.45) is 16.3 Å². The van der Waals surface area contributed by atoms with Crippen molar-refractivity contribution in [1.82, 2.24) is 10.7 Å². The quantitative estimate of drug-likeness (QED) is 0.213. The number of nitrogens with one attached hydrogen (secondary N) is 2. The second kappa shape index (κ2) is 6.74. The number of nitrogens with two attached hydrogens (primary N) is 1. The van der Waals surface area contributed by atoms with E-state index in [1.165, 1.54) is 32.1 Å². The molecule has 1 fully saturated rings. The van der Waals surface area contributed by atoms with Gasteiger partial charge in [-0.25, -0.2) is 5.84 Å². The topological polar surface area (TPSA) is 62.4 Å². The lowest BCUT2D eigenvalue weighted by atomic mass is 9.67. The maximum Gasteiger partial charge on any atom is 0.205 e. The molecule has 0 amide bonds. The van der Waals surface area contributed by atoms with Crippen LogP contribution in [0.5, 0.6) is 0 Å². The Balaban J connectivity index is 2.33. The van der Waals surface area contributed by atoms with E-state index in [-0.39, 0.29) is 0 Å². The van der Waals surface area contributed by atoms with Crippen LogP contribution in [0.1, 0.15) is 52.4 Å². The van der Waals surface area contributed by atoms with E-state index in [1.54, 1.807) is 0 Å². The average Bonchev–Trinajstić information content (AvgIpc) is 2.26. The predicted molar refractivity (Wildman–Crippen MR) is 69.1 cm³/mol. The van der Waals surface area contributed by atoms with Gasteiger partial charge in [0.15, 0.2) is 0 Å². The van der Waals surface area contributed by atoms with Gasteiger partial charge < -0.3 is 5.32 Å². The molecule has 0 spiro atoms. The van der Waals surface area contributed by atoms with E-state index in [9.17, 15) is 0 Å². The Bertz CT molecular complexity index is 216. The monoisotopic (exact) mass is 226 g/mol. The fraction of sp³-hybridized carbons (Fsp3) is 0.917. The maximum atomic E-state index is 5.44. The Hall–Kier alpha value is -0.770. The number of unbranched alkanes of at least 4 members (excludes halogenated alkanes) is 1. The van der Waals surface area contributed by atoms with Gasteiger partial charge in [0, 0.05) is 13.1 Å². The fourth-order valence-corrected chi connectivity index (χ4v) is 2.08. The van der Waals surface area contributed by atoms with Crippen LogP contribution in [0.25, 0.3) is 0 Å². The van der Waals surface area contributed by atoms with Crippen LogP contribution in [0.3, 0.4) is 0 Å². The van der Waals surface area contributed by atoms with Gasteiger partial charge in [-0.2, -0.15) is 0 Å². The molecule has 0 aliphatic heterocycles. The molecule has 0 heterocycles. The second-order valence-electron chi connectivity index (χ2n) is 4.80. The van der Waals surface area contributed by atoms with Crippen molar-refractivity contribution in [2.45, 2.75) is 52.4 Å². The molecule has 4 N–H and O–H groups in total. The van der Waals surface area contributed by atoms with E-state index in [0.29, 0.717) is 5.41 Å². The van der Waals surface area contributed by atoms with Crippen LogP contribution in [0.2, 0.25) is 0 Å². The molecule has 1 rings (SSSR count). The smallest absolute Gasteiger partial charge is 0.205 e. The predicted octanol–water partition coefficient (Wildman–Crippen LogP) is 1.78. The number of rotatable bonds is 6. The summed E-state index contributed by atoms with van der Waals surface area (Å²) in [7, 11) is 0. The van der Waals surface area contributed by atoms with E-state index in [1.807, 2.05) is 0 Å². The van der Waals surface area contributed by atoms with Crippen molar-refractivity contribution < 1.29 is 0 Å². The van der Waals surface area contributed by atoms with Crippen molar-refractivity contribution in [3.63, 3.8) is 0 Å². The molecule has 1 aliphatic rings. The summed E-state index contributed by atoms with van der Waals surface area (Å²) in [6.45, 7) is 6.28. The third-order valence-electron chi connectivity index (χ3n) is 3.70. The average molecular weight is 226 g/mol. The van der Waals surface area contributed by atoms with Gasteiger partial charge in [0.25, 0.3) is 0 Å². The Morgan fingerprint density at radius 1 is 1.38 bits per heavy atom. The van der Waals surface area contributed by atoms with Crippen molar-refractivity contribution in [3.05, 3.63) is 0 Å². The molecule has 16 heavy (non-hydrogen) atoms. The fourth-order valence-electron chi connectivity index (χ4n) is 2.08. The van der Waals surface area contributed by atoms with Crippen LogP contribution in [-0.4, -0.2) is 19.0 Å². The molecule has 0 saturated heterocycles. The summed E-state index contributed by atoms with van der Waals surface area (Å²) in [6.07, 6.45) is 7.56. The van der Waals surface area contributed by atoms with Crippen LogP contribution in [0, 0.1) is 5.41 Å². The third-order valence-corrected chi connectivity index (χ3v) is 3.70. The summed E-state index contributed by atoms with van der Waals surface area (Å²) < 4.78 is 0. The summed E-state index contributed by atoms with van der Waals surface area (Å²) >= 11 is 0. The molecule has 0 aromatic heterocycles. The summed E-state index contributed by atoms with van der Waals surface area (Å²) in [6, 6.07) is 0. The zero-order chi connectivity index (χ0) is 11.9. The molecule has 0 aromatic rings. The molecule has 4 heteroatoms. The first kappa shape index (κ1) is 13.3. The Labute approximate surface area is 99.1 Å². The molecule has 1 saturated carbocycles. The molecule has 0 unspecified atom stereocenters. The van der Waals surface area contributed by atoms with Crippen LogP contribution >= 0.6 is 0 Å². The maximum absolute atomic E-state index is 5.44. The van der Waals surface area contributed by atoms with Crippen molar-refractivity contribution in [1.29, 1.82) is 0 Å². The van der Waals surface area contributed by atoms with Crippen LogP contribution in [-0.2, 0) is 0 Å². The minimum atomic E-state index is 0.467. The standard InChI is InChI=1S/C12H26N4/c1-3-5-9-14-11(16-13)15-10-12(4-2)7-6-8-12/h3-10,13H2,1-2H3,(H2,14,15,16). The number of hydrogen-bond acceptors (Lipinski definition) is 2. The lowest BCUT2D eigenvalue weighted by Crippen LogP contribution is -2.43. The number of hydrogen-bond donors (Lipinski definition) is 3. The molecular formula is C12H26N4. The van der Waals surface area contributed by atoms with Gasteiger partial charge in [-0.15, -0.1) is 0 Å². The zero-order valence-corrected chi connectivity index (χ0v) is 10.7. The van der Waals surface area contributed by atoms with E-state index < -0.39 is 0 Å². The van der Waals surface area contributed by atoms with Gasteiger partial charge in [-0.05, 0) is 31.1 Å². The van der Waals surface area contributed by atoms with Gasteiger partial charge in [0.05, 0.1) is 0 Å². The molecule has 94 valence electrons. The number of hydrazine groups is 1. The Kier molecular flexibility index (Phi) is 5.60. The van der Waals surface area contributed by atoms with E-state index in [4.69, 9.17) is 5.84 Å². The van der Waals surface area contributed by atoms with Crippen LogP contribution in [0.4, 0.5) is 0 Å². The molecular weight excluding hydrogens is 200 g/mol. The molecule has 0 bridgehead atoms. The normalized spacial score (nSPS) is 19.1. The molecule has 4 nitrogen and oxygen atoms in total. The highest BCUT2D eigenvalue weighted by Gasteiger charge is 2.34. The van der Waals surface area contributed by atoms with Crippen LogP contribution < -0.4 is 16.6 Å². The lowest BCUT2D eigenvalue weighted by Gasteiger charge is -2.40. The second-order valence-corrected chi connectivity index (χ2v) is 4.80. The molecule has 0 atom stereocenters. The summed E-state index contributed by atoms with van der Waals surface area (Å²) in [5.74, 6) is 6.19. The van der Waals surface area contributed by atoms with Crippen molar-refractivity contribution >= 4 is 5.96 Å². The third kappa shape index (κ3) is 3.67. The van der Waals surface area contributed by atoms with Gasteiger partial charge in [-0.1, -0.05) is 26.7 Å². The first-order valence-corrected chi connectivity index (χ1v) is 6.51. The lowest BCUT2D eigenvalue weighted by molar-refractivity contribution is 0.139. The highest BCUT2D eigenvalue weighted by atomic mass is 15.3. The van der Waals surface area contributed by atoms with Gasteiger partial charge >= 0.3 is 0 Å². The first-order chi connectivity index (χ1) is 7.76. The van der Waals surface area contributed by atoms with E-state index in [2.05, 4.69) is 29.6 Å². The Morgan fingerprint density at radius 3 is 2.56 bits per heavy atom. The van der Waals surface area contributed by atoms with E-state index in [0.717, 1.165) is 25.5 Å². The highest BCUT2D eigenvalue weighted by Crippen LogP contribution is 2.43. The molecule has 0 radical (unpaired) electrons. The van der Waals surface area contributed by atoms with Crippen LogP contribution in [0.15, 0.2) is 4.99 Å². The molecule has 0 aromatic carbocycles. The SMILES string of the molecule is CCCCNC(=NCC1(CC)CCC1)NN.